The molecule has 0 unspecified atom stereocenters. The summed E-state index contributed by atoms with van der Waals surface area (Å²) in [6.07, 6.45) is 1.85. The van der Waals surface area contributed by atoms with Crippen LogP contribution >= 0.6 is 11.8 Å². The van der Waals surface area contributed by atoms with Crippen molar-refractivity contribution in [3.05, 3.63) is 71.3 Å². The Morgan fingerprint density at radius 2 is 1.92 bits per heavy atom. The highest BCUT2D eigenvalue weighted by Crippen LogP contribution is 2.59. The Balaban J connectivity index is 1.79. The van der Waals surface area contributed by atoms with E-state index >= 15 is 0 Å². The van der Waals surface area contributed by atoms with Crippen molar-refractivity contribution in [2.24, 2.45) is 0 Å². The predicted octanol–water partition coefficient (Wildman–Crippen LogP) is 4.31. The summed E-state index contributed by atoms with van der Waals surface area (Å²) >= 11 is 1.88. The van der Waals surface area contributed by atoms with Crippen molar-refractivity contribution < 1.29 is 9.53 Å². The van der Waals surface area contributed by atoms with E-state index < -0.39 is 5.54 Å². The van der Waals surface area contributed by atoms with Gasteiger partial charge in [-0.15, -0.1) is 11.8 Å². The predicted molar refractivity (Wildman–Crippen MR) is 104 cm³/mol. The number of benzene rings is 2. The third-order valence-electron chi connectivity index (χ3n) is 5.99. The molecule has 0 saturated carbocycles. The van der Waals surface area contributed by atoms with Gasteiger partial charge >= 0.3 is 5.97 Å². The molecule has 26 heavy (non-hydrogen) atoms. The summed E-state index contributed by atoms with van der Waals surface area (Å²) in [5.74, 6) is 0.819. The normalized spacial score (nSPS) is 27.0. The summed E-state index contributed by atoms with van der Waals surface area (Å²) < 4.78 is 5.36. The van der Waals surface area contributed by atoms with E-state index in [4.69, 9.17) is 4.74 Å². The standard InChI is InChI=1S/C22H21NO2S/c1-25-21(24)22-12-7-13-23(22)20-16-10-5-6-11-18(16)26-14-17(20)19(22)15-8-3-2-4-9-15/h2-6,8-11,20H,7,12-14H2,1H3/t20-,22+/m1/s1. The summed E-state index contributed by atoms with van der Waals surface area (Å²) in [4.78, 5) is 16.9. The van der Waals surface area contributed by atoms with Gasteiger partial charge in [0.15, 0.2) is 0 Å². The van der Waals surface area contributed by atoms with Crippen LogP contribution in [0.15, 0.2) is 65.1 Å². The fraction of sp³-hybridized carbons (Fsp3) is 0.318. The third-order valence-corrected chi connectivity index (χ3v) is 7.12. The van der Waals surface area contributed by atoms with Crippen molar-refractivity contribution in [2.45, 2.75) is 29.3 Å². The molecule has 0 aliphatic carbocycles. The highest BCUT2D eigenvalue weighted by Gasteiger charge is 2.60. The van der Waals surface area contributed by atoms with Crippen LogP contribution in [0.2, 0.25) is 0 Å². The minimum Gasteiger partial charge on any atom is -0.467 e. The number of thioether (sulfide) groups is 1. The molecule has 2 aromatic rings. The highest BCUT2D eigenvalue weighted by atomic mass is 32.2. The van der Waals surface area contributed by atoms with Gasteiger partial charge in [0.1, 0.15) is 5.54 Å². The number of esters is 1. The fourth-order valence-corrected chi connectivity index (χ4v) is 6.20. The number of methoxy groups -OCH3 is 1. The smallest absolute Gasteiger partial charge is 0.331 e. The van der Waals surface area contributed by atoms with Crippen LogP contribution < -0.4 is 0 Å². The third kappa shape index (κ3) is 2.03. The Morgan fingerprint density at radius 3 is 2.73 bits per heavy atom. The number of hydrogen-bond acceptors (Lipinski definition) is 4. The van der Waals surface area contributed by atoms with Crippen molar-refractivity contribution in [3.8, 4) is 0 Å². The molecule has 0 N–H and O–H groups in total. The Bertz CT molecular complexity index is 907. The molecule has 2 aromatic carbocycles. The first-order valence-electron chi connectivity index (χ1n) is 9.13. The Kier molecular flexibility index (Phi) is 3.73. The van der Waals surface area contributed by atoms with E-state index in [1.54, 1.807) is 0 Å². The summed E-state index contributed by atoms with van der Waals surface area (Å²) in [5, 5.41) is 0. The van der Waals surface area contributed by atoms with Crippen LogP contribution in [0.5, 0.6) is 0 Å². The molecule has 0 radical (unpaired) electrons. The molecule has 2 atom stereocenters. The summed E-state index contributed by atoms with van der Waals surface area (Å²) in [6, 6.07) is 19.2. The number of carbonyl (C=O) groups excluding carboxylic acids is 1. The van der Waals surface area contributed by atoms with Crippen LogP contribution in [0.3, 0.4) is 0 Å². The number of fused-ring (bicyclic) bond motifs is 5. The van der Waals surface area contributed by atoms with Crippen molar-refractivity contribution in [3.63, 3.8) is 0 Å². The van der Waals surface area contributed by atoms with Crippen LogP contribution in [0.25, 0.3) is 5.57 Å². The van der Waals surface area contributed by atoms with E-state index in [2.05, 4.69) is 53.4 Å². The molecular weight excluding hydrogens is 342 g/mol. The maximum atomic E-state index is 13.2. The molecule has 4 heteroatoms. The lowest BCUT2D eigenvalue weighted by atomic mass is 9.82. The van der Waals surface area contributed by atoms with Crippen molar-refractivity contribution in [1.82, 2.24) is 4.90 Å². The maximum Gasteiger partial charge on any atom is 0.331 e. The molecule has 3 heterocycles. The van der Waals surface area contributed by atoms with Gasteiger partial charge in [-0.25, -0.2) is 4.79 Å². The van der Waals surface area contributed by atoms with E-state index in [0.29, 0.717) is 0 Å². The molecule has 0 aromatic heterocycles. The lowest BCUT2D eigenvalue weighted by molar-refractivity contribution is -0.149. The molecule has 132 valence electrons. The fourth-order valence-electron chi connectivity index (χ4n) is 5.07. The number of rotatable bonds is 2. The molecule has 1 saturated heterocycles. The molecule has 5 rings (SSSR count). The molecular formula is C22H21NO2S. The van der Waals surface area contributed by atoms with E-state index in [1.165, 1.54) is 28.7 Å². The second-order valence-corrected chi connectivity index (χ2v) is 8.16. The van der Waals surface area contributed by atoms with E-state index in [-0.39, 0.29) is 12.0 Å². The molecule has 3 aliphatic heterocycles. The zero-order chi connectivity index (χ0) is 17.7. The number of nitrogens with zero attached hydrogens (tertiary/aromatic N) is 1. The minimum atomic E-state index is -0.645. The van der Waals surface area contributed by atoms with Crippen molar-refractivity contribution >= 4 is 23.3 Å². The number of hydrogen-bond donors (Lipinski definition) is 0. The van der Waals surface area contributed by atoms with Crippen LogP contribution in [0.1, 0.15) is 30.0 Å². The van der Waals surface area contributed by atoms with Crippen LogP contribution in [-0.4, -0.2) is 35.8 Å². The monoisotopic (exact) mass is 363 g/mol. The van der Waals surface area contributed by atoms with Gasteiger partial charge in [-0.1, -0.05) is 48.5 Å². The Morgan fingerprint density at radius 1 is 1.15 bits per heavy atom. The lowest BCUT2D eigenvalue weighted by Crippen LogP contribution is -2.49. The zero-order valence-corrected chi connectivity index (χ0v) is 15.6. The first kappa shape index (κ1) is 16.2. The topological polar surface area (TPSA) is 29.5 Å². The SMILES string of the molecule is COC(=O)[C@@]12CCCN1[C@H]1C(=C2c2ccccc2)CSc2ccccc21. The van der Waals surface area contributed by atoms with Gasteiger partial charge in [-0.2, -0.15) is 0 Å². The Labute approximate surface area is 158 Å². The van der Waals surface area contributed by atoms with Gasteiger partial charge in [0.25, 0.3) is 0 Å². The summed E-state index contributed by atoms with van der Waals surface area (Å²) in [7, 11) is 1.52. The van der Waals surface area contributed by atoms with Gasteiger partial charge in [0.2, 0.25) is 0 Å². The summed E-state index contributed by atoms with van der Waals surface area (Å²) in [6.45, 7) is 0.929. The number of carbonyl (C=O) groups is 1. The van der Waals surface area contributed by atoms with Gasteiger partial charge in [-0.3, -0.25) is 4.90 Å². The van der Waals surface area contributed by atoms with Crippen LogP contribution in [0.4, 0.5) is 0 Å². The number of ether oxygens (including phenoxy) is 1. The minimum absolute atomic E-state index is 0.113. The molecule has 0 bridgehead atoms. The maximum absolute atomic E-state index is 13.2. The largest absolute Gasteiger partial charge is 0.467 e. The molecule has 0 spiro atoms. The first-order chi connectivity index (χ1) is 12.8. The summed E-state index contributed by atoms with van der Waals surface area (Å²) in [5.41, 5.74) is 4.41. The van der Waals surface area contributed by atoms with E-state index in [0.717, 1.165) is 30.7 Å². The van der Waals surface area contributed by atoms with Gasteiger partial charge in [0, 0.05) is 17.2 Å². The average Bonchev–Trinajstić information content (AvgIpc) is 3.24. The van der Waals surface area contributed by atoms with Crippen LogP contribution in [0, 0.1) is 0 Å². The van der Waals surface area contributed by atoms with Gasteiger partial charge < -0.3 is 4.74 Å². The second kappa shape index (κ2) is 6.00. The first-order valence-corrected chi connectivity index (χ1v) is 10.1. The van der Waals surface area contributed by atoms with Gasteiger partial charge in [-0.05, 0) is 41.2 Å². The molecule has 3 nitrogen and oxygen atoms in total. The van der Waals surface area contributed by atoms with Crippen molar-refractivity contribution in [2.75, 3.05) is 19.4 Å². The second-order valence-electron chi connectivity index (χ2n) is 7.14. The Hall–Kier alpha value is -2.04. The molecule has 1 fully saturated rings. The van der Waals surface area contributed by atoms with E-state index in [1.807, 2.05) is 17.8 Å². The van der Waals surface area contributed by atoms with Crippen molar-refractivity contribution in [1.29, 1.82) is 0 Å². The highest BCUT2D eigenvalue weighted by molar-refractivity contribution is 7.99. The van der Waals surface area contributed by atoms with Gasteiger partial charge in [0.05, 0.1) is 13.2 Å². The average molecular weight is 363 g/mol. The molecule has 3 aliphatic rings. The lowest BCUT2D eigenvalue weighted by Gasteiger charge is -2.36. The van der Waals surface area contributed by atoms with Crippen LogP contribution in [-0.2, 0) is 9.53 Å². The van der Waals surface area contributed by atoms with E-state index in [9.17, 15) is 4.79 Å². The molecule has 0 amide bonds. The quantitative estimate of drug-likeness (QED) is 0.744. The zero-order valence-electron chi connectivity index (χ0n) is 14.8.